The van der Waals surface area contributed by atoms with Gasteiger partial charge in [0, 0.05) is 38.8 Å². The Morgan fingerprint density at radius 2 is 1.18 bits per heavy atom. The molecule has 2 fully saturated rings. The van der Waals surface area contributed by atoms with E-state index in [9.17, 15) is 0 Å². The van der Waals surface area contributed by atoms with Crippen molar-refractivity contribution in [2.75, 3.05) is 52.4 Å². The highest BCUT2D eigenvalue weighted by Gasteiger charge is 2.20. The van der Waals surface area contributed by atoms with Crippen molar-refractivity contribution < 1.29 is 0 Å². The van der Waals surface area contributed by atoms with Gasteiger partial charge in [0.05, 0.1) is 0 Å². The number of piperazine rings is 1. The molecule has 0 saturated carbocycles. The number of nitrogens with zero attached hydrogens (tertiary/aromatic N) is 3. The van der Waals surface area contributed by atoms with Crippen LogP contribution in [0.4, 0.5) is 0 Å². The van der Waals surface area contributed by atoms with Crippen molar-refractivity contribution in [1.82, 2.24) is 14.7 Å². The zero-order chi connectivity index (χ0) is 17.5. The smallest absolute Gasteiger partial charge is 0.0195 e. The van der Waals surface area contributed by atoms with Gasteiger partial charge in [0.1, 0.15) is 0 Å². The van der Waals surface area contributed by atoms with Gasteiger partial charge in [-0.3, -0.25) is 4.90 Å². The lowest BCUT2D eigenvalue weighted by Crippen LogP contribution is -2.51. The molecule has 2 aliphatic rings. The van der Waals surface area contributed by atoms with Gasteiger partial charge >= 0.3 is 0 Å². The molecule has 2 heterocycles. The number of likely N-dealkylation sites (N-methyl/N-ethyl adjacent to an activating group) is 2. The summed E-state index contributed by atoms with van der Waals surface area (Å²) in [5, 5.41) is 0. The Kier molecular flexibility index (Phi) is 17.3. The van der Waals surface area contributed by atoms with E-state index in [1.54, 1.807) is 0 Å². The Morgan fingerprint density at radius 1 is 0.682 bits per heavy atom. The van der Waals surface area contributed by atoms with Crippen LogP contribution in [0.5, 0.6) is 0 Å². The summed E-state index contributed by atoms with van der Waals surface area (Å²) in [5.74, 6) is 0.972. The van der Waals surface area contributed by atoms with Gasteiger partial charge in [-0.25, -0.2) is 0 Å². The molecule has 0 aromatic rings. The van der Waals surface area contributed by atoms with E-state index in [4.69, 9.17) is 0 Å². The van der Waals surface area contributed by atoms with Gasteiger partial charge in [-0.05, 0) is 32.5 Å². The summed E-state index contributed by atoms with van der Waals surface area (Å²) in [5.41, 5.74) is 0. The Bertz CT molecular complexity index is 215. The second kappa shape index (κ2) is 15.8. The molecule has 0 N–H and O–H groups in total. The van der Waals surface area contributed by atoms with Crippen LogP contribution in [0.1, 0.15) is 62.3 Å². The molecule has 1 unspecified atom stereocenters. The average molecular weight is 316 g/mol. The number of hydrogen-bond acceptors (Lipinski definition) is 3. The Hall–Kier alpha value is -0.120. The van der Waals surface area contributed by atoms with E-state index in [1.807, 2.05) is 27.7 Å². The summed E-state index contributed by atoms with van der Waals surface area (Å²) >= 11 is 0. The van der Waals surface area contributed by atoms with Crippen LogP contribution in [0.25, 0.3) is 0 Å². The minimum atomic E-state index is 0.758. The first kappa shape index (κ1) is 24.1. The normalized spacial score (nSPS) is 23.0. The lowest BCUT2D eigenvalue weighted by atomic mass is 10.0. The molecule has 0 bridgehead atoms. The third kappa shape index (κ3) is 9.81. The van der Waals surface area contributed by atoms with E-state index in [0.29, 0.717) is 0 Å². The molecule has 0 aromatic carbocycles. The summed E-state index contributed by atoms with van der Waals surface area (Å²) < 4.78 is 0. The lowest BCUT2D eigenvalue weighted by molar-refractivity contribution is 0.0919. The van der Waals surface area contributed by atoms with E-state index in [0.717, 1.165) is 12.0 Å². The number of rotatable bonds is 3. The molecule has 0 spiro atoms. The van der Waals surface area contributed by atoms with Crippen molar-refractivity contribution in [3.05, 3.63) is 0 Å². The molecular weight excluding hydrogens is 270 g/mol. The predicted octanol–water partition coefficient (Wildman–Crippen LogP) is 4.04. The first-order valence-corrected chi connectivity index (χ1v) is 9.79. The van der Waals surface area contributed by atoms with Gasteiger partial charge in [0.25, 0.3) is 0 Å². The first-order valence-electron chi connectivity index (χ1n) is 9.79. The fraction of sp³-hybridized carbons (Fsp3) is 1.00. The second-order valence-electron chi connectivity index (χ2n) is 5.83. The van der Waals surface area contributed by atoms with Crippen LogP contribution in [0.3, 0.4) is 0 Å². The highest BCUT2D eigenvalue weighted by Crippen LogP contribution is 2.12. The zero-order valence-electron chi connectivity index (χ0n) is 17.2. The molecule has 1 atom stereocenters. The van der Waals surface area contributed by atoms with Crippen molar-refractivity contribution in [2.45, 2.75) is 68.4 Å². The zero-order valence-corrected chi connectivity index (χ0v) is 17.2. The molecule has 3 nitrogen and oxygen atoms in total. The van der Waals surface area contributed by atoms with Gasteiger partial charge in [-0.15, -0.1) is 0 Å². The van der Waals surface area contributed by atoms with E-state index >= 15 is 0 Å². The van der Waals surface area contributed by atoms with Crippen molar-refractivity contribution in [3.63, 3.8) is 0 Å². The second-order valence-corrected chi connectivity index (χ2v) is 5.83. The molecule has 2 saturated heterocycles. The van der Waals surface area contributed by atoms with E-state index in [2.05, 4.69) is 49.3 Å². The molecular formula is C19H45N3. The van der Waals surface area contributed by atoms with E-state index in [1.165, 1.54) is 52.4 Å². The van der Waals surface area contributed by atoms with Gasteiger partial charge in [0.2, 0.25) is 0 Å². The van der Waals surface area contributed by atoms with Gasteiger partial charge in [0.15, 0.2) is 0 Å². The maximum Gasteiger partial charge on any atom is 0.0195 e. The summed E-state index contributed by atoms with van der Waals surface area (Å²) in [6.45, 7) is 29.4. The van der Waals surface area contributed by atoms with Crippen molar-refractivity contribution in [3.8, 4) is 0 Å². The minimum absolute atomic E-state index is 0.758. The summed E-state index contributed by atoms with van der Waals surface area (Å²) in [6, 6.07) is 0.758. The SMILES string of the molecule is CC.CC.CCN1CC(C)C1.CCN1CCN(CC)C(C)C1. The number of hydrogen-bond donors (Lipinski definition) is 0. The predicted molar refractivity (Wildman–Crippen MR) is 103 cm³/mol. The summed E-state index contributed by atoms with van der Waals surface area (Å²) in [6.07, 6.45) is 0. The Morgan fingerprint density at radius 3 is 1.45 bits per heavy atom. The molecule has 0 radical (unpaired) electrons. The van der Waals surface area contributed by atoms with E-state index < -0.39 is 0 Å². The first-order chi connectivity index (χ1) is 10.6. The maximum atomic E-state index is 2.55. The van der Waals surface area contributed by atoms with Crippen LogP contribution in [-0.4, -0.2) is 73.1 Å². The average Bonchev–Trinajstić information content (AvgIpc) is 2.56. The monoisotopic (exact) mass is 315 g/mol. The fourth-order valence-corrected chi connectivity index (χ4v) is 2.91. The quantitative estimate of drug-likeness (QED) is 0.778. The molecule has 136 valence electrons. The molecule has 0 aliphatic carbocycles. The Balaban J connectivity index is 0. The standard InChI is InChI=1S/C9H20N2.C6H13N.2C2H6/c1-4-10-6-7-11(5-2)9(3)8-10;1-3-7-4-6(2)5-7;2*1-2/h9H,4-8H2,1-3H3;6H,3-5H2,1-2H3;2*1-2H3. The Labute approximate surface area is 142 Å². The van der Waals surface area contributed by atoms with Crippen LogP contribution >= 0.6 is 0 Å². The van der Waals surface area contributed by atoms with Crippen LogP contribution in [0.2, 0.25) is 0 Å². The largest absolute Gasteiger partial charge is 0.303 e. The molecule has 2 aliphatic heterocycles. The van der Waals surface area contributed by atoms with Gasteiger partial charge in [-0.2, -0.15) is 0 Å². The fourth-order valence-electron chi connectivity index (χ4n) is 2.91. The number of likely N-dealkylation sites (tertiary alicyclic amines) is 1. The van der Waals surface area contributed by atoms with Crippen LogP contribution in [0, 0.1) is 5.92 Å². The molecule has 22 heavy (non-hydrogen) atoms. The van der Waals surface area contributed by atoms with Crippen LogP contribution < -0.4 is 0 Å². The maximum absolute atomic E-state index is 2.55. The molecule has 0 amide bonds. The highest BCUT2D eigenvalue weighted by molar-refractivity contribution is 4.77. The lowest BCUT2D eigenvalue weighted by Gasteiger charge is -2.38. The molecule has 2 rings (SSSR count). The van der Waals surface area contributed by atoms with E-state index in [-0.39, 0.29) is 0 Å². The molecule has 3 heteroatoms. The summed E-state index contributed by atoms with van der Waals surface area (Å²) in [4.78, 5) is 7.52. The van der Waals surface area contributed by atoms with Crippen LogP contribution in [0.15, 0.2) is 0 Å². The third-order valence-corrected chi connectivity index (χ3v) is 4.29. The van der Waals surface area contributed by atoms with Crippen molar-refractivity contribution >= 4 is 0 Å². The summed E-state index contributed by atoms with van der Waals surface area (Å²) in [7, 11) is 0. The van der Waals surface area contributed by atoms with Gasteiger partial charge < -0.3 is 9.80 Å². The molecule has 0 aromatic heterocycles. The topological polar surface area (TPSA) is 9.72 Å². The van der Waals surface area contributed by atoms with Crippen molar-refractivity contribution in [2.24, 2.45) is 5.92 Å². The third-order valence-electron chi connectivity index (χ3n) is 4.29. The van der Waals surface area contributed by atoms with Crippen LogP contribution in [-0.2, 0) is 0 Å². The van der Waals surface area contributed by atoms with Crippen molar-refractivity contribution in [1.29, 1.82) is 0 Å². The highest BCUT2D eigenvalue weighted by atomic mass is 15.3. The van der Waals surface area contributed by atoms with Gasteiger partial charge in [-0.1, -0.05) is 55.4 Å². The minimum Gasteiger partial charge on any atom is -0.303 e.